The largest absolute Gasteiger partial charge is 0.480 e. The maximum absolute atomic E-state index is 11.6. The fraction of sp³-hybridized carbons (Fsp3) is 0.273. The summed E-state index contributed by atoms with van der Waals surface area (Å²) in [5.41, 5.74) is 0.132. The highest BCUT2D eigenvalue weighted by Crippen LogP contribution is 2.13. The van der Waals surface area contributed by atoms with E-state index in [-0.39, 0.29) is 17.0 Å². The Morgan fingerprint density at radius 1 is 1.33 bits per heavy atom. The van der Waals surface area contributed by atoms with Crippen LogP contribution in [0.1, 0.15) is 6.42 Å². The van der Waals surface area contributed by atoms with Crippen LogP contribution in [0.15, 0.2) is 29.2 Å². The zero-order valence-corrected chi connectivity index (χ0v) is 11.6. The van der Waals surface area contributed by atoms with Gasteiger partial charge in [0.2, 0.25) is 10.0 Å². The molecule has 2 amide bonds. The van der Waals surface area contributed by atoms with Gasteiger partial charge in [-0.15, -0.1) is 0 Å². The van der Waals surface area contributed by atoms with Gasteiger partial charge in [0.15, 0.2) is 0 Å². The molecule has 0 radical (unpaired) electrons. The summed E-state index contributed by atoms with van der Waals surface area (Å²) in [6, 6.07) is 3.08. The maximum atomic E-state index is 11.6. The van der Waals surface area contributed by atoms with Crippen LogP contribution in [-0.4, -0.2) is 43.3 Å². The molecule has 0 saturated heterocycles. The first-order chi connectivity index (χ1) is 9.74. The van der Waals surface area contributed by atoms with Gasteiger partial charge in [-0.1, -0.05) is 6.07 Å². The number of sulfonamides is 1. The number of anilines is 1. The number of rotatable bonds is 6. The summed E-state index contributed by atoms with van der Waals surface area (Å²) in [7, 11) is -3.91. The number of hydrogen-bond donors (Lipinski definition) is 5. The Balaban J connectivity index is 2.77. The van der Waals surface area contributed by atoms with E-state index >= 15 is 0 Å². The second-order valence-electron chi connectivity index (χ2n) is 4.07. The van der Waals surface area contributed by atoms with E-state index in [1.807, 2.05) is 0 Å². The molecule has 0 bridgehead atoms. The molecule has 116 valence electrons. The third kappa shape index (κ3) is 5.38. The highest BCUT2D eigenvalue weighted by molar-refractivity contribution is 7.89. The van der Waals surface area contributed by atoms with Crippen LogP contribution in [-0.2, 0) is 14.8 Å². The molecule has 1 aromatic carbocycles. The van der Waals surface area contributed by atoms with Crippen molar-refractivity contribution in [2.45, 2.75) is 17.4 Å². The maximum Gasteiger partial charge on any atom is 0.326 e. The third-order valence-corrected chi connectivity index (χ3v) is 3.35. The molecule has 0 heterocycles. The van der Waals surface area contributed by atoms with Gasteiger partial charge >= 0.3 is 12.0 Å². The van der Waals surface area contributed by atoms with Crippen molar-refractivity contribution >= 4 is 27.7 Å². The minimum absolute atomic E-state index is 0.132. The Morgan fingerprint density at radius 2 is 2.00 bits per heavy atom. The van der Waals surface area contributed by atoms with Crippen molar-refractivity contribution in [3.05, 3.63) is 24.3 Å². The van der Waals surface area contributed by atoms with Gasteiger partial charge in [0, 0.05) is 18.7 Å². The van der Waals surface area contributed by atoms with Crippen molar-refractivity contribution in [1.29, 1.82) is 0 Å². The molecule has 0 aliphatic rings. The molecule has 1 unspecified atom stereocenters. The van der Waals surface area contributed by atoms with Crippen LogP contribution in [0, 0.1) is 0 Å². The van der Waals surface area contributed by atoms with E-state index in [4.69, 9.17) is 15.4 Å². The van der Waals surface area contributed by atoms with Crippen LogP contribution in [0.2, 0.25) is 0 Å². The Morgan fingerprint density at radius 3 is 2.52 bits per heavy atom. The SMILES string of the molecule is NS(=O)(=O)c1cccc(NC(=O)NC(CCO)C(=O)O)c1. The molecule has 9 nitrogen and oxygen atoms in total. The van der Waals surface area contributed by atoms with E-state index in [2.05, 4.69) is 10.6 Å². The smallest absolute Gasteiger partial charge is 0.326 e. The van der Waals surface area contributed by atoms with Gasteiger partial charge in [-0.05, 0) is 18.2 Å². The lowest BCUT2D eigenvalue weighted by atomic mass is 10.2. The van der Waals surface area contributed by atoms with Crippen LogP contribution < -0.4 is 15.8 Å². The van der Waals surface area contributed by atoms with Crippen LogP contribution in [0.4, 0.5) is 10.5 Å². The number of aliphatic hydroxyl groups excluding tert-OH is 1. The van der Waals surface area contributed by atoms with E-state index in [0.29, 0.717) is 0 Å². The predicted octanol–water partition coefficient (Wildman–Crippen LogP) is -0.709. The summed E-state index contributed by atoms with van der Waals surface area (Å²) in [6.45, 7) is -0.405. The molecule has 0 spiro atoms. The number of aliphatic hydroxyl groups is 1. The number of carboxylic acid groups (broad SMARTS) is 1. The van der Waals surface area contributed by atoms with Crippen molar-refractivity contribution < 1.29 is 28.2 Å². The molecule has 0 aliphatic heterocycles. The Bertz CT molecular complexity index is 631. The minimum atomic E-state index is -3.91. The molecule has 0 saturated carbocycles. The molecule has 1 rings (SSSR count). The first-order valence-corrected chi connectivity index (χ1v) is 7.32. The number of amides is 2. The van der Waals surface area contributed by atoms with Crippen molar-refractivity contribution in [1.82, 2.24) is 5.32 Å². The summed E-state index contributed by atoms with van der Waals surface area (Å²) in [5.74, 6) is -1.29. The van der Waals surface area contributed by atoms with E-state index in [0.717, 1.165) is 6.07 Å². The summed E-state index contributed by atoms with van der Waals surface area (Å²) in [5, 5.41) is 26.9. The van der Waals surface area contributed by atoms with Crippen LogP contribution >= 0.6 is 0 Å². The van der Waals surface area contributed by atoms with E-state index in [1.54, 1.807) is 0 Å². The first-order valence-electron chi connectivity index (χ1n) is 5.78. The van der Waals surface area contributed by atoms with Gasteiger partial charge in [-0.2, -0.15) is 0 Å². The molecule has 6 N–H and O–H groups in total. The third-order valence-electron chi connectivity index (χ3n) is 2.44. The highest BCUT2D eigenvalue weighted by atomic mass is 32.2. The molecule has 0 aromatic heterocycles. The minimum Gasteiger partial charge on any atom is -0.480 e. The Kier molecular flexibility index (Phi) is 5.64. The molecule has 10 heteroatoms. The number of carboxylic acids is 1. The number of nitrogens with one attached hydrogen (secondary N) is 2. The van der Waals surface area contributed by atoms with Crippen LogP contribution in [0.3, 0.4) is 0 Å². The number of benzene rings is 1. The van der Waals surface area contributed by atoms with Crippen molar-refractivity contribution in [2.75, 3.05) is 11.9 Å². The fourth-order valence-corrected chi connectivity index (χ4v) is 2.02. The van der Waals surface area contributed by atoms with Crippen molar-refractivity contribution in [3.8, 4) is 0 Å². The van der Waals surface area contributed by atoms with Crippen LogP contribution in [0.5, 0.6) is 0 Å². The van der Waals surface area contributed by atoms with E-state index in [9.17, 15) is 18.0 Å². The number of nitrogens with two attached hydrogens (primary N) is 1. The molecule has 0 aliphatic carbocycles. The summed E-state index contributed by atoms with van der Waals surface area (Å²) in [6.07, 6.45) is -0.153. The molecule has 0 fully saturated rings. The topological polar surface area (TPSA) is 159 Å². The molecule has 1 atom stereocenters. The molecule has 21 heavy (non-hydrogen) atoms. The van der Waals surface area contributed by atoms with Gasteiger partial charge in [0.1, 0.15) is 6.04 Å². The summed E-state index contributed by atoms with van der Waals surface area (Å²) >= 11 is 0. The van der Waals surface area contributed by atoms with Gasteiger partial charge in [0.05, 0.1) is 4.90 Å². The number of carbonyl (C=O) groups excluding carboxylic acids is 1. The number of urea groups is 1. The van der Waals surface area contributed by atoms with Crippen LogP contribution in [0.25, 0.3) is 0 Å². The van der Waals surface area contributed by atoms with Crippen molar-refractivity contribution in [3.63, 3.8) is 0 Å². The Labute approximate surface area is 120 Å². The Hall–Kier alpha value is -2.17. The van der Waals surface area contributed by atoms with Gasteiger partial charge < -0.3 is 20.8 Å². The predicted molar refractivity (Wildman–Crippen MR) is 73.1 cm³/mol. The lowest BCUT2D eigenvalue weighted by molar-refractivity contribution is -0.139. The lowest BCUT2D eigenvalue weighted by Crippen LogP contribution is -2.43. The first kappa shape index (κ1) is 16.9. The zero-order valence-electron chi connectivity index (χ0n) is 10.8. The monoisotopic (exact) mass is 317 g/mol. The zero-order chi connectivity index (χ0) is 16.0. The number of primary sulfonamides is 1. The summed E-state index contributed by atoms with van der Waals surface area (Å²) < 4.78 is 22.3. The average Bonchev–Trinajstić information content (AvgIpc) is 2.37. The quantitative estimate of drug-likeness (QED) is 0.466. The molecular weight excluding hydrogens is 302 g/mol. The molecule has 1 aromatic rings. The van der Waals surface area contributed by atoms with Crippen molar-refractivity contribution in [2.24, 2.45) is 5.14 Å². The number of aliphatic carboxylic acids is 1. The van der Waals surface area contributed by atoms with E-state index in [1.165, 1.54) is 18.2 Å². The number of hydrogen-bond acceptors (Lipinski definition) is 5. The highest BCUT2D eigenvalue weighted by Gasteiger charge is 2.19. The second kappa shape index (κ2) is 7.02. The summed E-state index contributed by atoms with van der Waals surface area (Å²) in [4.78, 5) is 22.2. The van der Waals surface area contributed by atoms with E-state index < -0.39 is 34.7 Å². The number of carbonyl (C=O) groups is 2. The van der Waals surface area contributed by atoms with Gasteiger partial charge in [-0.25, -0.2) is 23.1 Å². The second-order valence-corrected chi connectivity index (χ2v) is 5.64. The normalized spacial score (nSPS) is 12.5. The standard InChI is InChI=1S/C11H15N3O6S/c12-21(19,20)8-3-1-2-7(6-8)13-11(18)14-9(4-5-15)10(16)17/h1-3,6,9,15H,4-5H2,(H,16,17)(H2,12,19,20)(H2,13,14,18). The average molecular weight is 317 g/mol. The molecular formula is C11H15N3O6S. The fourth-order valence-electron chi connectivity index (χ4n) is 1.46. The lowest BCUT2D eigenvalue weighted by Gasteiger charge is -2.14. The van der Waals surface area contributed by atoms with Gasteiger partial charge in [-0.3, -0.25) is 0 Å². The van der Waals surface area contributed by atoms with Gasteiger partial charge in [0.25, 0.3) is 0 Å².